The zero-order valence-electron chi connectivity index (χ0n) is 14.0. The van der Waals surface area contributed by atoms with Crippen LogP contribution in [0.25, 0.3) is 0 Å². The molecule has 0 radical (unpaired) electrons. The lowest BCUT2D eigenvalue weighted by molar-refractivity contribution is -0.133. The third-order valence-corrected chi connectivity index (χ3v) is 4.42. The van der Waals surface area contributed by atoms with Crippen molar-refractivity contribution in [1.82, 2.24) is 4.90 Å². The fourth-order valence-electron chi connectivity index (χ4n) is 3.15. The molecule has 3 rings (SSSR count). The number of hydrogen-bond donors (Lipinski definition) is 0. The van der Waals surface area contributed by atoms with E-state index < -0.39 is 6.09 Å². The predicted octanol–water partition coefficient (Wildman–Crippen LogP) is 4.14. The van der Waals surface area contributed by atoms with Gasteiger partial charge in [-0.1, -0.05) is 66.7 Å². The highest BCUT2D eigenvalue weighted by Crippen LogP contribution is 2.30. The van der Waals surface area contributed by atoms with E-state index in [0.717, 1.165) is 11.1 Å². The Balaban J connectivity index is 1.84. The molecule has 0 bridgehead atoms. The molecule has 0 N–H and O–H groups in total. The van der Waals surface area contributed by atoms with Crippen LogP contribution >= 0.6 is 0 Å². The average Bonchev–Trinajstić information content (AvgIpc) is 3.04. The number of hydrogen-bond acceptors (Lipinski definition) is 3. The van der Waals surface area contributed by atoms with Crippen molar-refractivity contribution < 1.29 is 14.3 Å². The molecule has 1 saturated heterocycles. The van der Waals surface area contributed by atoms with Gasteiger partial charge in [0.05, 0.1) is 0 Å². The third kappa shape index (κ3) is 3.79. The summed E-state index contributed by atoms with van der Waals surface area (Å²) in [5, 5.41) is 0. The van der Waals surface area contributed by atoms with E-state index in [9.17, 15) is 9.59 Å². The van der Waals surface area contributed by atoms with Crippen LogP contribution in [0.4, 0.5) is 4.79 Å². The van der Waals surface area contributed by atoms with Crippen molar-refractivity contribution in [3.05, 3.63) is 84.4 Å². The van der Waals surface area contributed by atoms with Gasteiger partial charge in [0.1, 0.15) is 12.6 Å². The van der Waals surface area contributed by atoms with Gasteiger partial charge in [-0.25, -0.2) is 9.69 Å². The van der Waals surface area contributed by atoms with Gasteiger partial charge in [-0.05, 0) is 24.0 Å². The van der Waals surface area contributed by atoms with E-state index in [1.807, 2.05) is 60.7 Å². The molecule has 25 heavy (non-hydrogen) atoms. The fourth-order valence-corrected chi connectivity index (χ4v) is 3.15. The molecule has 1 aliphatic heterocycles. The number of imide groups is 1. The molecule has 0 aliphatic carbocycles. The summed E-state index contributed by atoms with van der Waals surface area (Å²) in [5.74, 6) is -0.545. The molecule has 0 aromatic heterocycles. The van der Waals surface area contributed by atoms with E-state index in [1.54, 1.807) is 6.08 Å². The summed E-state index contributed by atoms with van der Waals surface area (Å²) < 4.78 is 5.17. The molecule has 0 spiro atoms. The van der Waals surface area contributed by atoms with Gasteiger partial charge in [-0.15, -0.1) is 6.58 Å². The highest BCUT2D eigenvalue weighted by molar-refractivity contribution is 5.95. The minimum absolute atomic E-state index is 0.195. The Labute approximate surface area is 147 Å². The molecular formula is C21H21NO3. The van der Waals surface area contributed by atoms with Crippen LogP contribution in [0.5, 0.6) is 0 Å². The lowest BCUT2D eigenvalue weighted by atomic mass is 9.94. The maximum atomic E-state index is 13.1. The topological polar surface area (TPSA) is 46.6 Å². The lowest BCUT2D eigenvalue weighted by Crippen LogP contribution is -2.39. The standard InChI is InChI=1S/C21H21NO3/c1-2-9-18(14-16-10-5-3-6-11-16)20(23)22-19(15-25-21(22)24)17-12-7-4-8-13-17/h2-8,10-13,18-19H,1,9,14-15H2/t18-,19+/m1/s1. The van der Waals surface area contributed by atoms with E-state index in [0.29, 0.717) is 12.8 Å². The number of nitrogens with zero attached hydrogens (tertiary/aromatic N) is 1. The van der Waals surface area contributed by atoms with Crippen LogP contribution in [-0.4, -0.2) is 23.5 Å². The van der Waals surface area contributed by atoms with Crippen LogP contribution in [0.2, 0.25) is 0 Å². The molecule has 0 saturated carbocycles. The molecular weight excluding hydrogens is 314 g/mol. The second-order valence-corrected chi connectivity index (χ2v) is 6.12. The summed E-state index contributed by atoms with van der Waals surface area (Å²) in [6, 6.07) is 18.9. The molecule has 1 aliphatic rings. The maximum absolute atomic E-state index is 13.1. The van der Waals surface area contributed by atoms with E-state index >= 15 is 0 Å². The van der Waals surface area contributed by atoms with Gasteiger partial charge in [0.25, 0.3) is 0 Å². The third-order valence-electron chi connectivity index (χ3n) is 4.42. The van der Waals surface area contributed by atoms with Crippen molar-refractivity contribution in [1.29, 1.82) is 0 Å². The van der Waals surface area contributed by atoms with Crippen LogP contribution in [0.15, 0.2) is 73.3 Å². The first-order valence-electron chi connectivity index (χ1n) is 8.40. The molecule has 2 aromatic rings. The number of rotatable bonds is 6. The Kier molecular flexibility index (Phi) is 5.29. The van der Waals surface area contributed by atoms with Gasteiger partial charge in [0, 0.05) is 5.92 Å². The number of benzene rings is 2. The van der Waals surface area contributed by atoms with E-state index in [-0.39, 0.29) is 24.5 Å². The quantitative estimate of drug-likeness (QED) is 0.745. The molecule has 128 valence electrons. The summed E-state index contributed by atoms with van der Waals surface area (Å²) in [7, 11) is 0. The van der Waals surface area contributed by atoms with Crippen molar-refractivity contribution in [2.45, 2.75) is 18.9 Å². The van der Waals surface area contributed by atoms with Crippen LogP contribution in [0, 0.1) is 5.92 Å². The smallest absolute Gasteiger partial charge is 0.417 e. The van der Waals surface area contributed by atoms with Crippen molar-refractivity contribution in [3.63, 3.8) is 0 Å². The minimum Gasteiger partial charge on any atom is -0.446 e. The van der Waals surface area contributed by atoms with Crippen molar-refractivity contribution >= 4 is 12.0 Å². The zero-order chi connectivity index (χ0) is 17.6. The number of allylic oxidation sites excluding steroid dienone is 1. The van der Waals surface area contributed by atoms with Crippen molar-refractivity contribution in [2.75, 3.05) is 6.61 Å². The number of carbonyl (C=O) groups excluding carboxylic acids is 2. The summed E-state index contributed by atoms with van der Waals surface area (Å²) >= 11 is 0. The molecule has 2 amide bonds. The molecule has 4 nitrogen and oxygen atoms in total. The minimum atomic E-state index is -0.569. The summed E-state index contributed by atoms with van der Waals surface area (Å²) in [6.45, 7) is 3.96. The van der Waals surface area contributed by atoms with Crippen molar-refractivity contribution in [3.8, 4) is 0 Å². The Hall–Kier alpha value is -2.88. The number of ether oxygens (including phenoxy) is 1. The fraction of sp³-hybridized carbons (Fsp3) is 0.238. The first-order valence-corrected chi connectivity index (χ1v) is 8.40. The Morgan fingerprint density at radius 3 is 2.44 bits per heavy atom. The first kappa shape index (κ1) is 17.0. The Morgan fingerprint density at radius 1 is 1.16 bits per heavy atom. The van der Waals surface area contributed by atoms with Crippen LogP contribution < -0.4 is 0 Å². The lowest BCUT2D eigenvalue weighted by Gasteiger charge is -2.24. The molecule has 2 atom stereocenters. The second kappa shape index (κ2) is 7.79. The van der Waals surface area contributed by atoms with Gasteiger partial charge >= 0.3 is 6.09 Å². The van der Waals surface area contributed by atoms with Gasteiger partial charge in [0.2, 0.25) is 5.91 Å². The average molecular weight is 335 g/mol. The monoisotopic (exact) mass is 335 g/mol. The molecule has 1 fully saturated rings. The van der Waals surface area contributed by atoms with Crippen LogP contribution in [-0.2, 0) is 16.0 Å². The molecule has 1 heterocycles. The van der Waals surface area contributed by atoms with Crippen molar-refractivity contribution in [2.24, 2.45) is 5.92 Å². The van der Waals surface area contributed by atoms with Gasteiger partial charge in [0.15, 0.2) is 0 Å². The van der Waals surface area contributed by atoms with Crippen LogP contribution in [0.3, 0.4) is 0 Å². The van der Waals surface area contributed by atoms with Gasteiger partial charge < -0.3 is 4.74 Å². The number of amides is 2. The molecule has 0 unspecified atom stereocenters. The molecule has 4 heteroatoms. The summed E-state index contributed by atoms with van der Waals surface area (Å²) in [6.07, 6.45) is 2.24. The number of cyclic esters (lactones) is 1. The highest BCUT2D eigenvalue weighted by Gasteiger charge is 2.41. The summed E-state index contributed by atoms with van der Waals surface area (Å²) in [4.78, 5) is 26.6. The highest BCUT2D eigenvalue weighted by atomic mass is 16.6. The molecule has 2 aromatic carbocycles. The predicted molar refractivity (Wildman–Crippen MR) is 95.8 cm³/mol. The van der Waals surface area contributed by atoms with E-state index in [2.05, 4.69) is 6.58 Å². The Bertz CT molecular complexity index is 742. The largest absolute Gasteiger partial charge is 0.446 e. The van der Waals surface area contributed by atoms with Gasteiger partial charge in [-0.3, -0.25) is 4.79 Å². The van der Waals surface area contributed by atoms with E-state index in [1.165, 1.54) is 4.90 Å². The van der Waals surface area contributed by atoms with Gasteiger partial charge in [-0.2, -0.15) is 0 Å². The second-order valence-electron chi connectivity index (χ2n) is 6.12. The SMILES string of the molecule is C=CC[C@H](Cc1ccccc1)C(=O)N1C(=O)OC[C@H]1c1ccccc1. The maximum Gasteiger partial charge on any atom is 0.417 e. The zero-order valence-corrected chi connectivity index (χ0v) is 14.0. The van der Waals surface area contributed by atoms with E-state index in [4.69, 9.17) is 4.74 Å². The number of carbonyl (C=O) groups is 2. The normalized spacial score (nSPS) is 17.8. The summed E-state index contributed by atoms with van der Waals surface area (Å²) in [5.41, 5.74) is 1.96. The van der Waals surface area contributed by atoms with Crippen LogP contribution in [0.1, 0.15) is 23.6 Å². The Morgan fingerprint density at radius 2 is 1.80 bits per heavy atom. The first-order chi connectivity index (χ1) is 12.2.